The average molecular weight is 287 g/mol. The summed E-state index contributed by atoms with van der Waals surface area (Å²) >= 11 is 0. The van der Waals surface area contributed by atoms with Crippen molar-refractivity contribution < 1.29 is 0 Å². The third kappa shape index (κ3) is 3.00. The lowest BCUT2D eigenvalue weighted by molar-refractivity contribution is 0.0762. The van der Waals surface area contributed by atoms with Crippen LogP contribution in [-0.2, 0) is 0 Å². The molecular formula is C18H29N3. The fourth-order valence-corrected chi connectivity index (χ4v) is 4.39. The zero-order valence-electron chi connectivity index (χ0n) is 13.4. The number of pyridine rings is 1. The second kappa shape index (κ2) is 6.89. The van der Waals surface area contributed by atoms with Crippen LogP contribution in [0, 0.1) is 0 Å². The Balaban J connectivity index is 1.91. The van der Waals surface area contributed by atoms with Crippen molar-refractivity contribution in [3.05, 3.63) is 30.1 Å². The van der Waals surface area contributed by atoms with Gasteiger partial charge in [0, 0.05) is 17.9 Å². The van der Waals surface area contributed by atoms with Gasteiger partial charge in [-0.3, -0.25) is 9.88 Å². The monoisotopic (exact) mass is 287 g/mol. The van der Waals surface area contributed by atoms with Gasteiger partial charge in [-0.25, -0.2) is 0 Å². The zero-order valence-corrected chi connectivity index (χ0v) is 13.4. The second-order valence-corrected chi connectivity index (χ2v) is 6.68. The van der Waals surface area contributed by atoms with E-state index in [1.807, 2.05) is 6.20 Å². The molecule has 0 aromatic carbocycles. The lowest BCUT2D eigenvalue weighted by Crippen LogP contribution is -2.54. The van der Waals surface area contributed by atoms with Gasteiger partial charge in [-0.2, -0.15) is 0 Å². The molecule has 0 amide bonds. The van der Waals surface area contributed by atoms with Gasteiger partial charge < -0.3 is 5.32 Å². The van der Waals surface area contributed by atoms with Crippen molar-refractivity contribution in [2.75, 3.05) is 19.6 Å². The molecule has 0 spiro atoms. The van der Waals surface area contributed by atoms with Crippen LogP contribution in [0.15, 0.2) is 24.5 Å². The molecule has 116 valence electrons. The first-order valence-corrected chi connectivity index (χ1v) is 8.75. The molecule has 1 atom stereocenters. The number of likely N-dealkylation sites (tertiary alicyclic amines) is 1. The molecule has 1 saturated carbocycles. The quantitative estimate of drug-likeness (QED) is 0.867. The molecule has 1 aromatic heterocycles. The normalized spacial score (nSPS) is 23.5. The van der Waals surface area contributed by atoms with Crippen molar-refractivity contribution in [1.82, 2.24) is 15.2 Å². The molecule has 1 saturated heterocycles. The van der Waals surface area contributed by atoms with Crippen molar-refractivity contribution in [2.45, 2.75) is 63.5 Å². The van der Waals surface area contributed by atoms with Crippen molar-refractivity contribution in [1.29, 1.82) is 0 Å². The predicted octanol–water partition coefficient (Wildman–Crippen LogP) is 3.53. The van der Waals surface area contributed by atoms with Crippen molar-refractivity contribution in [2.24, 2.45) is 0 Å². The molecule has 21 heavy (non-hydrogen) atoms. The zero-order chi connectivity index (χ0) is 14.5. The summed E-state index contributed by atoms with van der Waals surface area (Å²) in [6.07, 6.45) is 13.3. The maximum absolute atomic E-state index is 4.38. The van der Waals surface area contributed by atoms with Crippen molar-refractivity contribution in [3.63, 3.8) is 0 Å². The summed E-state index contributed by atoms with van der Waals surface area (Å²) in [6, 6.07) is 4.78. The molecule has 2 heterocycles. The van der Waals surface area contributed by atoms with E-state index in [1.54, 1.807) is 0 Å². The summed E-state index contributed by atoms with van der Waals surface area (Å²) in [6.45, 7) is 5.91. The Morgan fingerprint density at radius 3 is 2.62 bits per heavy atom. The topological polar surface area (TPSA) is 28.2 Å². The van der Waals surface area contributed by atoms with Crippen LogP contribution >= 0.6 is 0 Å². The molecular weight excluding hydrogens is 258 g/mol. The Labute approximate surface area is 129 Å². The van der Waals surface area contributed by atoms with Crippen LogP contribution < -0.4 is 5.32 Å². The maximum atomic E-state index is 4.38. The molecule has 1 N–H and O–H groups in total. The highest BCUT2D eigenvalue weighted by Gasteiger charge is 2.46. The second-order valence-electron chi connectivity index (χ2n) is 6.68. The van der Waals surface area contributed by atoms with Crippen LogP contribution in [0.2, 0.25) is 0 Å². The van der Waals surface area contributed by atoms with Gasteiger partial charge in [-0.15, -0.1) is 0 Å². The maximum Gasteiger partial charge on any atom is 0.0522 e. The minimum Gasteiger partial charge on any atom is -0.308 e. The summed E-state index contributed by atoms with van der Waals surface area (Å²) in [5.74, 6) is 0. The Kier molecular flexibility index (Phi) is 4.91. The minimum absolute atomic E-state index is 0.328. The molecule has 3 heteroatoms. The number of hydrogen-bond donors (Lipinski definition) is 1. The van der Waals surface area contributed by atoms with Crippen LogP contribution in [0.5, 0.6) is 0 Å². The highest BCUT2D eigenvalue weighted by Crippen LogP contribution is 2.45. The van der Waals surface area contributed by atoms with Gasteiger partial charge >= 0.3 is 0 Å². The Hall–Kier alpha value is -0.930. The number of hydrogen-bond acceptors (Lipinski definition) is 3. The molecule has 1 aliphatic carbocycles. The smallest absolute Gasteiger partial charge is 0.0522 e. The average Bonchev–Trinajstić information content (AvgIpc) is 3.21. The number of nitrogens with one attached hydrogen (secondary N) is 1. The van der Waals surface area contributed by atoms with Crippen LogP contribution in [0.25, 0.3) is 0 Å². The van der Waals surface area contributed by atoms with E-state index in [9.17, 15) is 0 Å². The van der Waals surface area contributed by atoms with Gasteiger partial charge in [0.05, 0.1) is 6.04 Å². The Morgan fingerprint density at radius 1 is 1.24 bits per heavy atom. The fourth-order valence-electron chi connectivity index (χ4n) is 4.39. The first-order valence-electron chi connectivity index (χ1n) is 8.75. The summed E-state index contributed by atoms with van der Waals surface area (Å²) in [5, 5.41) is 3.86. The Bertz CT molecular complexity index is 419. The summed E-state index contributed by atoms with van der Waals surface area (Å²) < 4.78 is 0. The molecule has 3 rings (SSSR count). The van der Waals surface area contributed by atoms with Crippen molar-refractivity contribution >= 4 is 0 Å². The van der Waals surface area contributed by atoms with E-state index in [0.717, 1.165) is 6.54 Å². The van der Waals surface area contributed by atoms with Crippen LogP contribution in [0.4, 0.5) is 0 Å². The first kappa shape index (κ1) is 15.0. The van der Waals surface area contributed by atoms with Gasteiger partial charge in [-0.1, -0.05) is 25.8 Å². The fraction of sp³-hybridized carbons (Fsp3) is 0.722. The molecule has 2 fully saturated rings. The first-order chi connectivity index (χ1) is 10.4. The number of rotatable bonds is 6. The number of aromatic nitrogens is 1. The van der Waals surface area contributed by atoms with E-state index in [2.05, 4.69) is 40.5 Å². The van der Waals surface area contributed by atoms with Gasteiger partial charge in [0.1, 0.15) is 0 Å². The molecule has 1 unspecified atom stereocenters. The predicted molar refractivity (Wildman–Crippen MR) is 87.3 cm³/mol. The van der Waals surface area contributed by atoms with Gasteiger partial charge in [0.2, 0.25) is 0 Å². The molecule has 0 bridgehead atoms. The van der Waals surface area contributed by atoms with Gasteiger partial charge in [-0.05, 0) is 63.4 Å². The summed E-state index contributed by atoms with van der Waals surface area (Å²) in [5.41, 5.74) is 1.70. The van der Waals surface area contributed by atoms with E-state index in [-0.39, 0.29) is 0 Å². The van der Waals surface area contributed by atoms with E-state index in [1.165, 1.54) is 63.6 Å². The lowest BCUT2D eigenvalue weighted by Gasteiger charge is -2.45. The molecule has 2 aliphatic rings. The van der Waals surface area contributed by atoms with Crippen LogP contribution in [0.1, 0.15) is 63.5 Å². The van der Waals surface area contributed by atoms with E-state index in [0.29, 0.717) is 11.6 Å². The molecule has 1 aromatic rings. The van der Waals surface area contributed by atoms with Crippen LogP contribution in [0.3, 0.4) is 0 Å². The number of nitrogens with zero attached hydrogens (tertiary/aromatic N) is 2. The third-order valence-corrected chi connectivity index (χ3v) is 5.36. The van der Waals surface area contributed by atoms with E-state index < -0.39 is 0 Å². The lowest BCUT2D eigenvalue weighted by atomic mass is 9.82. The molecule has 1 aliphatic heterocycles. The SMILES string of the molecule is CCCNC(c1cccnc1)C1(N2CCCC2)CCCC1. The summed E-state index contributed by atoms with van der Waals surface area (Å²) in [7, 11) is 0. The minimum atomic E-state index is 0.328. The van der Waals surface area contributed by atoms with Crippen LogP contribution in [-0.4, -0.2) is 35.1 Å². The standard InChI is InChI=1S/C18H29N3/c1-2-11-20-17(16-8-7-12-19-15-16)18(9-3-4-10-18)21-13-5-6-14-21/h7-8,12,15,17,20H,2-6,9-11,13-14H2,1H3. The highest BCUT2D eigenvalue weighted by molar-refractivity contribution is 5.22. The molecule has 3 nitrogen and oxygen atoms in total. The largest absolute Gasteiger partial charge is 0.308 e. The third-order valence-electron chi connectivity index (χ3n) is 5.36. The van der Waals surface area contributed by atoms with E-state index in [4.69, 9.17) is 0 Å². The Morgan fingerprint density at radius 2 is 2.00 bits per heavy atom. The highest BCUT2D eigenvalue weighted by atomic mass is 15.2. The van der Waals surface area contributed by atoms with Crippen molar-refractivity contribution in [3.8, 4) is 0 Å². The van der Waals surface area contributed by atoms with Gasteiger partial charge in [0.25, 0.3) is 0 Å². The van der Waals surface area contributed by atoms with E-state index >= 15 is 0 Å². The molecule has 0 radical (unpaired) electrons. The summed E-state index contributed by atoms with van der Waals surface area (Å²) in [4.78, 5) is 7.18. The van der Waals surface area contributed by atoms with Gasteiger partial charge in [0.15, 0.2) is 0 Å².